The maximum absolute atomic E-state index is 13.0. The van der Waals surface area contributed by atoms with E-state index in [-0.39, 0.29) is 11.7 Å². The Morgan fingerprint density at radius 2 is 1.77 bits per heavy atom. The highest BCUT2D eigenvalue weighted by Crippen LogP contribution is 2.22. The van der Waals surface area contributed by atoms with Gasteiger partial charge >= 0.3 is 0 Å². The van der Waals surface area contributed by atoms with Gasteiger partial charge < -0.3 is 14.6 Å². The van der Waals surface area contributed by atoms with Crippen LogP contribution in [0.1, 0.15) is 46.6 Å². The summed E-state index contributed by atoms with van der Waals surface area (Å²) in [5, 5.41) is 2.90. The van der Waals surface area contributed by atoms with Crippen LogP contribution in [-0.4, -0.2) is 28.6 Å². The summed E-state index contributed by atoms with van der Waals surface area (Å²) in [6, 6.07) is 19.9. The molecule has 1 heterocycles. The fourth-order valence-electron chi connectivity index (χ4n) is 4.18. The minimum atomic E-state index is -0.343. The molecule has 35 heavy (non-hydrogen) atoms. The molecule has 1 aromatic heterocycles. The third-order valence-corrected chi connectivity index (χ3v) is 6.33. The zero-order chi connectivity index (χ0) is 24.6. The van der Waals surface area contributed by atoms with Crippen LogP contribution in [0, 0.1) is 19.7 Å². The second kappa shape index (κ2) is 11.6. The number of benzene rings is 3. The fourth-order valence-corrected chi connectivity index (χ4v) is 4.18. The summed E-state index contributed by atoms with van der Waals surface area (Å²) >= 11 is 0. The number of halogens is 1. The van der Waals surface area contributed by atoms with E-state index < -0.39 is 0 Å². The summed E-state index contributed by atoms with van der Waals surface area (Å²) in [6.07, 6.45) is 3.70. The minimum absolute atomic E-state index is 0.171. The first-order valence-corrected chi connectivity index (χ1v) is 12.2. The monoisotopic (exact) mass is 473 g/mol. The average molecular weight is 474 g/mol. The van der Waals surface area contributed by atoms with E-state index in [2.05, 4.69) is 35.9 Å². The summed E-state index contributed by atoms with van der Waals surface area (Å²) in [5.41, 5.74) is 5.00. The Kier molecular flexibility index (Phi) is 8.14. The van der Waals surface area contributed by atoms with Crippen LogP contribution in [0.15, 0.2) is 66.7 Å². The van der Waals surface area contributed by atoms with E-state index in [1.54, 1.807) is 0 Å². The highest BCUT2D eigenvalue weighted by Gasteiger charge is 2.11. The molecule has 6 heteroatoms. The van der Waals surface area contributed by atoms with E-state index in [1.165, 1.54) is 35.4 Å². The summed E-state index contributed by atoms with van der Waals surface area (Å²) < 4.78 is 21.4. The van der Waals surface area contributed by atoms with Gasteiger partial charge in [0, 0.05) is 18.5 Å². The number of carbonyl (C=O) groups excluding carboxylic acids is 1. The largest absolute Gasteiger partial charge is 0.491 e. The first-order valence-electron chi connectivity index (χ1n) is 12.2. The SMILES string of the molecule is Cc1cccc(OCCn2c(CCCCCNC(=O)c3ccc(F)cc3)nc3ccccc32)c1C. The molecule has 0 unspecified atom stereocenters. The number of hydrogen-bond acceptors (Lipinski definition) is 3. The molecule has 0 aliphatic heterocycles. The number of carbonyl (C=O) groups is 1. The highest BCUT2D eigenvalue weighted by molar-refractivity contribution is 5.94. The minimum Gasteiger partial charge on any atom is -0.491 e. The summed E-state index contributed by atoms with van der Waals surface area (Å²) in [4.78, 5) is 17.0. The zero-order valence-corrected chi connectivity index (χ0v) is 20.4. The molecule has 0 bridgehead atoms. The van der Waals surface area contributed by atoms with Crippen molar-refractivity contribution in [2.24, 2.45) is 0 Å². The van der Waals surface area contributed by atoms with E-state index in [4.69, 9.17) is 9.72 Å². The molecule has 1 amide bonds. The lowest BCUT2D eigenvalue weighted by molar-refractivity contribution is 0.0953. The van der Waals surface area contributed by atoms with Gasteiger partial charge in [-0.15, -0.1) is 0 Å². The van der Waals surface area contributed by atoms with Crippen molar-refractivity contribution >= 4 is 16.9 Å². The van der Waals surface area contributed by atoms with Crippen LogP contribution < -0.4 is 10.1 Å². The molecular weight excluding hydrogens is 441 g/mol. The van der Waals surface area contributed by atoms with Gasteiger partial charge in [0.1, 0.15) is 24.0 Å². The molecule has 0 spiro atoms. The van der Waals surface area contributed by atoms with Crippen LogP contribution in [0.2, 0.25) is 0 Å². The topological polar surface area (TPSA) is 56.1 Å². The predicted octanol–water partition coefficient (Wildman–Crippen LogP) is 6.01. The van der Waals surface area contributed by atoms with Gasteiger partial charge in [0.15, 0.2) is 0 Å². The van der Waals surface area contributed by atoms with Gasteiger partial charge in [-0.25, -0.2) is 9.37 Å². The van der Waals surface area contributed by atoms with E-state index in [1.807, 2.05) is 30.3 Å². The van der Waals surface area contributed by atoms with Crippen LogP contribution in [-0.2, 0) is 13.0 Å². The number of imidazole rings is 1. The lowest BCUT2D eigenvalue weighted by Gasteiger charge is -2.13. The molecule has 182 valence electrons. The summed E-state index contributed by atoms with van der Waals surface area (Å²) in [7, 11) is 0. The van der Waals surface area contributed by atoms with Gasteiger partial charge in [0.25, 0.3) is 5.91 Å². The summed E-state index contributed by atoms with van der Waals surface area (Å²) in [5.74, 6) is 1.48. The first-order chi connectivity index (χ1) is 17.0. The van der Waals surface area contributed by atoms with Crippen molar-refractivity contribution in [1.29, 1.82) is 0 Å². The van der Waals surface area contributed by atoms with Crippen molar-refractivity contribution in [3.8, 4) is 5.75 Å². The van der Waals surface area contributed by atoms with Crippen LogP contribution >= 0.6 is 0 Å². The van der Waals surface area contributed by atoms with E-state index >= 15 is 0 Å². The highest BCUT2D eigenvalue weighted by atomic mass is 19.1. The lowest BCUT2D eigenvalue weighted by Crippen LogP contribution is -2.24. The molecule has 0 aliphatic rings. The molecule has 0 saturated carbocycles. The average Bonchev–Trinajstić information content (AvgIpc) is 3.21. The number of unbranched alkanes of at least 4 members (excludes halogenated alkanes) is 2. The molecule has 0 fully saturated rings. The Morgan fingerprint density at radius 3 is 2.60 bits per heavy atom. The van der Waals surface area contributed by atoms with Crippen LogP contribution in [0.25, 0.3) is 11.0 Å². The standard InChI is InChI=1S/C29H32FN3O2/c1-21-9-8-12-27(22(21)2)35-20-19-33-26-11-6-5-10-25(26)32-28(33)13-4-3-7-18-31-29(34)23-14-16-24(30)17-15-23/h5-6,8-12,14-17H,3-4,7,13,18-20H2,1-2H3,(H,31,34). The molecule has 5 nitrogen and oxygen atoms in total. The number of aromatic nitrogens is 2. The number of ether oxygens (including phenoxy) is 1. The number of fused-ring (bicyclic) bond motifs is 1. The second-order valence-electron chi connectivity index (χ2n) is 8.79. The van der Waals surface area contributed by atoms with Crippen molar-refractivity contribution in [3.05, 3.63) is 95.1 Å². The van der Waals surface area contributed by atoms with Gasteiger partial charge in [-0.1, -0.05) is 30.7 Å². The van der Waals surface area contributed by atoms with Crippen molar-refractivity contribution in [1.82, 2.24) is 14.9 Å². The Balaban J connectivity index is 1.28. The zero-order valence-electron chi connectivity index (χ0n) is 20.4. The Morgan fingerprint density at radius 1 is 0.971 bits per heavy atom. The molecule has 0 saturated heterocycles. The Labute approximate surface area is 206 Å². The molecule has 4 rings (SSSR count). The Hall–Kier alpha value is -3.67. The molecule has 0 radical (unpaired) electrons. The van der Waals surface area contributed by atoms with Crippen molar-refractivity contribution in [3.63, 3.8) is 0 Å². The van der Waals surface area contributed by atoms with E-state index in [0.717, 1.165) is 54.8 Å². The van der Waals surface area contributed by atoms with Crippen molar-refractivity contribution in [2.45, 2.75) is 46.1 Å². The Bertz CT molecular complexity index is 1280. The van der Waals surface area contributed by atoms with E-state index in [9.17, 15) is 9.18 Å². The molecule has 1 N–H and O–H groups in total. The second-order valence-corrected chi connectivity index (χ2v) is 8.79. The predicted molar refractivity (Wildman–Crippen MR) is 137 cm³/mol. The fraction of sp³-hybridized carbons (Fsp3) is 0.310. The number of para-hydroxylation sites is 2. The lowest BCUT2D eigenvalue weighted by atomic mass is 10.1. The van der Waals surface area contributed by atoms with Crippen LogP contribution in [0.4, 0.5) is 4.39 Å². The third kappa shape index (κ3) is 6.27. The smallest absolute Gasteiger partial charge is 0.251 e. The van der Waals surface area contributed by atoms with E-state index in [0.29, 0.717) is 18.7 Å². The number of nitrogens with zero attached hydrogens (tertiary/aromatic N) is 2. The molecule has 0 aliphatic carbocycles. The van der Waals surface area contributed by atoms with Gasteiger partial charge in [-0.3, -0.25) is 4.79 Å². The van der Waals surface area contributed by atoms with Gasteiger partial charge in [-0.2, -0.15) is 0 Å². The maximum Gasteiger partial charge on any atom is 0.251 e. The van der Waals surface area contributed by atoms with Crippen molar-refractivity contribution in [2.75, 3.05) is 13.2 Å². The third-order valence-electron chi connectivity index (χ3n) is 6.33. The number of amides is 1. The van der Waals surface area contributed by atoms with Crippen LogP contribution in [0.5, 0.6) is 5.75 Å². The molecular formula is C29H32FN3O2. The van der Waals surface area contributed by atoms with Gasteiger partial charge in [0.2, 0.25) is 0 Å². The molecule has 4 aromatic rings. The van der Waals surface area contributed by atoms with Gasteiger partial charge in [-0.05, 0) is 80.3 Å². The number of rotatable bonds is 11. The van der Waals surface area contributed by atoms with Crippen molar-refractivity contribution < 1.29 is 13.9 Å². The van der Waals surface area contributed by atoms with Crippen LogP contribution in [0.3, 0.4) is 0 Å². The number of aryl methyl sites for hydroxylation is 2. The molecule has 3 aromatic carbocycles. The number of hydrogen-bond donors (Lipinski definition) is 1. The summed E-state index contributed by atoms with van der Waals surface area (Å²) in [6.45, 7) is 6.09. The normalized spacial score (nSPS) is 11.1. The first kappa shape index (κ1) is 24.5. The quantitative estimate of drug-likeness (QED) is 0.271. The van der Waals surface area contributed by atoms with Gasteiger partial charge in [0.05, 0.1) is 17.6 Å². The number of nitrogens with one attached hydrogen (secondary N) is 1. The molecule has 0 atom stereocenters. The maximum atomic E-state index is 13.0.